The van der Waals surface area contributed by atoms with E-state index in [9.17, 15) is 0 Å². The number of hydrogen-bond donors (Lipinski definition) is 1. The zero-order valence-corrected chi connectivity index (χ0v) is 12.2. The minimum absolute atomic E-state index is 0.342. The number of nitrogens with two attached hydrogens (primary N) is 1. The summed E-state index contributed by atoms with van der Waals surface area (Å²) in [6.45, 7) is 6.96. The monoisotopic (exact) mass is 241 g/mol. The zero-order chi connectivity index (χ0) is 12.8. The van der Waals surface area contributed by atoms with Gasteiger partial charge in [0.1, 0.15) is 0 Å². The van der Waals surface area contributed by atoms with Gasteiger partial charge in [-0.25, -0.2) is 0 Å². The summed E-state index contributed by atoms with van der Waals surface area (Å²) in [6, 6.07) is 1.64. The van der Waals surface area contributed by atoms with Crippen molar-refractivity contribution >= 4 is 0 Å². The second-order valence-corrected chi connectivity index (χ2v) is 5.63. The molecule has 0 saturated carbocycles. The molecule has 0 amide bonds. The summed E-state index contributed by atoms with van der Waals surface area (Å²) in [5.41, 5.74) is 6.32. The van der Waals surface area contributed by atoms with Crippen molar-refractivity contribution in [2.24, 2.45) is 5.73 Å². The minimum Gasteiger partial charge on any atom is -0.326 e. The molecule has 17 heavy (non-hydrogen) atoms. The van der Waals surface area contributed by atoms with Gasteiger partial charge < -0.3 is 10.6 Å². The van der Waals surface area contributed by atoms with E-state index >= 15 is 0 Å². The molecule has 1 aliphatic heterocycles. The van der Waals surface area contributed by atoms with Crippen LogP contribution in [0, 0.1) is 0 Å². The second-order valence-electron chi connectivity index (χ2n) is 5.63. The Kier molecular flexibility index (Phi) is 6.45. The van der Waals surface area contributed by atoms with Crippen molar-refractivity contribution < 1.29 is 0 Å². The van der Waals surface area contributed by atoms with E-state index in [0.29, 0.717) is 12.1 Å². The van der Waals surface area contributed by atoms with Crippen LogP contribution in [0.4, 0.5) is 0 Å². The van der Waals surface area contributed by atoms with Crippen LogP contribution in [0.2, 0.25) is 0 Å². The predicted octanol–water partition coefficient (Wildman–Crippen LogP) is 1.92. The minimum atomic E-state index is 0.342. The maximum Gasteiger partial charge on any atom is 0.0244 e. The van der Waals surface area contributed by atoms with E-state index in [2.05, 4.69) is 37.7 Å². The van der Waals surface area contributed by atoms with Crippen LogP contribution in [0.15, 0.2) is 0 Å². The molecule has 0 aromatic rings. The Balaban J connectivity index is 2.50. The fourth-order valence-electron chi connectivity index (χ4n) is 3.09. The molecule has 0 bridgehead atoms. The lowest BCUT2D eigenvalue weighted by atomic mass is 9.96. The Hall–Kier alpha value is -0.120. The van der Waals surface area contributed by atoms with E-state index in [1.54, 1.807) is 0 Å². The molecule has 2 unspecified atom stereocenters. The highest BCUT2D eigenvalue weighted by Gasteiger charge is 2.27. The SMILES string of the molecule is CCCC(N)C(CC)N(C)C1CCN(C)CC1. The third-order valence-corrected chi connectivity index (χ3v) is 4.32. The van der Waals surface area contributed by atoms with Gasteiger partial charge in [0.05, 0.1) is 0 Å². The highest BCUT2D eigenvalue weighted by atomic mass is 15.2. The molecule has 102 valence electrons. The van der Waals surface area contributed by atoms with Crippen molar-refractivity contribution in [3.05, 3.63) is 0 Å². The van der Waals surface area contributed by atoms with Crippen molar-refractivity contribution in [1.29, 1.82) is 0 Å². The molecular formula is C14H31N3. The van der Waals surface area contributed by atoms with Gasteiger partial charge in [-0.15, -0.1) is 0 Å². The lowest BCUT2D eigenvalue weighted by Crippen LogP contribution is -2.52. The van der Waals surface area contributed by atoms with Crippen LogP contribution in [0.3, 0.4) is 0 Å². The molecule has 0 spiro atoms. The Morgan fingerprint density at radius 1 is 1.29 bits per heavy atom. The maximum atomic E-state index is 6.32. The third kappa shape index (κ3) is 4.23. The summed E-state index contributed by atoms with van der Waals surface area (Å²) in [6.07, 6.45) is 6.10. The van der Waals surface area contributed by atoms with Gasteiger partial charge in [0.25, 0.3) is 0 Å². The van der Waals surface area contributed by atoms with Gasteiger partial charge in [-0.3, -0.25) is 4.90 Å². The number of rotatable bonds is 6. The highest BCUT2D eigenvalue weighted by Crippen LogP contribution is 2.20. The first kappa shape index (κ1) is 14.9. The lowest BCUT2D eigenvalue weighted by molar-refractivity contribution is 0.0906. The van der Waals surface area contributed by atoms with Crippen molar-refractivity contribution in [1.82, 2.24) is 9.80 Å². The predicted molar refractivity (Wildman–Crippen MR) is 75.2 cm³/mol. The van der Waals surface area contributed by atoms with Crippen LogP contribution >= 0.6 is 0 Å². The molecule has 2 N–H and O–H groups in total. The molecule has 0 aromatic heterocycles. The Morgan fingerprint density at radius 2 is 1.88 bits per heavy atom. The zero-order valence-electron chi connectivity index (χ0n) is 12.2. The molecule has 1 fully saturated rings. The van der Waals surface area contributed by atoms with Gasteiger partial charge in [-0.2, -0.15) is 0 Å². The number of piperidine rings is 1. The smallest absolute Gasteiger partial charge is 0.0244 e. The highest BCUT2D eigenvalue weighted by molar-refractivity contribution is 4.86. The second kappa shape index (κ2) is 7.34. The van der Waals surface area contributed by atoms with Gasteiger partial charge in [-0.05, 0) is 52.9 Å². The fraction of sp³-hybridized carbons (Fsp3) is 1.00. The van der Waals surface area contributed by atoms with Gasteiger partial charge in [-0.1, -0.05) is 20.3 Å². The van der Waals surface area contributed by atoms with Gasteiger partial charge in [0.15, 0.2) is 0 Å². The molecule has 1 aliphatic rings. The van der Waals surface area contributed by atoms with Crippen LogP contribution in [0.25, 0.3) is 0 Å². The maximum absolute atomic E-state index is 6.32. The standard InChI is InChI=1S/C14H31N3/c1-5-7-13(15)14(6-2)17(4)12-8-10-16(3)11-9-12/h12-14H,5-11,15H2,1-4H3. The number of likely N-dealkylation sites (N-methyl/N-ethyl adjacent to an activating group) is 1. The topological polar surface area (TPSA) is 32.5 Å². The third-order valence-electron chi connectivity index (χ3n) is 4.32. The Bertz CT molecular complexity index is 200. The molecule has 1 rings (SSSR count). The first-order chi connectivity index (χ1) is 8.10. The van der Waals surface area contributed by atoms with E-state index in [-0.39, 0.29) is 0 Å². The quantitative estimate of drug-likeness (QED) is 0.771. The van der Waals surface area contributed by atoms with E-state index in [1.807, 2.05) is 0 Å². The van der Waals surface area contributed by atoms with Crippen molar-refractivity contribution in [2.45, 2.75) is 64.1 Å². The molecule has 3 nitrogen and oxygen atoms in total. The summed E-state index contributed by atoms with van der Waals surface area (Å²) in [7, 11) is 4.50. The summed E-state index contributed by atoms with van der Waals surface area (Å²) in [5.74, 6) is 0. The molecule has 1 heterocycles. The van der Waals surface area contributed by atoms with Crippen LogP contribution in [0.5, 0.6) is 0 Å². The van der Waals surface area contributed by atoms with Gasteiger partial charge in [0.2, 0.25) is 0 Å². The number of likely N-dealkylation sites (tertiary alicyclic amines) is 1. The summed E-state index contributed by atoms with van der Waals surface area (Å²) >= 11 is 0. The van der Waals surface area contributed by atoms with E-state index < -0.39 is 0 Å². The molecule has 0 aromatic carbocycles. The Morgan fingerprint density at radius 3 is 2.35 bits per heavy atom. The summed E-state index contributed by atoms with van der Waals surface area (Å²) < 4.78 is 0. The van der Waals surface area contributed by atoms with E-state index in [4.69, 9.17) is 5.73 Å². The van der Waals surface area contributed by atoms with Crippen molar-refractivity contribution in [3.8, 4) is 0 Å². The van der Waals surface area contributed by atoms with Gasteiger partial charge in [0, 0.05) is 18.1 Å². The molecular weight excluding hydrogens is 210 g/mol. The molecule has 1 saturated heterocycles. The first-order valence-corrected chi connectivity index (χ1v) is 7.26. The molecule has 3 heteroatoms. The van der Waals surface area contributed by atoms with Crippen LogP contribution in [-0.2, 0) is 0 Å². The molecule has 0 radical (unpaired) electrons. The lowest BCUT2D eigenvalue weighted by Gasteiger charge is -2.41. The Labute approximate surface area is 107 Å². The largest absolute Gasteiger partial charge is 0.326 e. The first-order valence-electron chi connectivity index (χ1n) is 7.26. The van der Waals surface area contributed by atoms with Crippen LogP contribution in [-0.4, -0.2) is 55.1 Å². The van der Waals surface area contributed by atoms with Crippen LogP contribution < -0.4 is 5.73 Å². The number of hydrogen-bond acceptors (Lipinski definition) is 3. The summed E-state index contributed by atoms with van der Waals surface area (Å²) in [5, 5.41) is 0. The van der Waals surface area contributed by atoms with E-state index in [1.165, 1.54) is 38.8 Å². The molecule has 0 aliphatic carbocycles. The average molecular weight is 241 g/mol. The average Bonchev–Trinajstić information content (AvgIpc) is 2.31. The summed E-state index contributed by atoms with van der Waals surface area (Å²) in [4.78, 5) is 4.99. The normalized spacial score (nSPS) is 22.9. The van der Waals surface area contributed by atoms with Crippen LogP contribution in [0.1, 0.15) is 46.0 Å². The van der Waals surface area contributed by atoms with Crippen molar-refractivity contribution in [3.63, 3.8) is 0 Å². The van der Waals surface area contributed by atoms with Gasteiger partial charge >= 0.3 is 0 Å². The van der Waals surface area contributed by atoms with Crippen molar-refractivity contribution in [2.75, 3.05) is 27.2 Å². The molecule has 2 atom stereocenters. The number of nitrogens with zero attached hydrogens (tertiary/aromatic N) is 2. The fourth-order valence-corrected chi connectivity index (χ4v) is 3.09. The van der Waals surface area contributed by atoms with E-state index in [0.717, 1.165) is 12.5 Å².